The van der Waals surface area contributed by atoms with Crippen molar-refractivity contribution in [2.75, 3.05) is 18.0 Å². The van der Waals surface area contributed by atoms with E-state index in [0.29, 0.717) is 6.54 Å². The maximum Gasteiger partial charge on any atom is 0.0369 e. The van der Waals surface area contributed by atoms with Crippen LogP contribution in [0.3, 0.4) is 0 Å². The number of nitrogens with two attached hydrogens (primary N) is 1. The fraction of sp³-hybridized carbons (Fsp3) is 0.600. The topological polar surface area (TPSA) is 29.3 Å². The molecule has 1 aromatic carbocycles. The first-order valence-electron chi connectivity index (χ1n) is 6.85. The van der Waals surface area contributed by atoms with Gasteiger partial charge in [-0.25, -0.2) is 0 Å². The van der Waals surface area contributed by atoms with Crippen molar-refractivity contribution < 1.29 is 0 Å². The van der Waals surface area contributed by atoms with Gasteiger partial charge in [-0.2, -0.15) is 0 Å². The number of nitrogens with zero attached hydrogens (tertiary/aromatic N) is 1. The Morgan fingerprint density at radius 2 is 1.88 bits per heavy atom. The third-order valence-electron chi connectivity index (χ3n) is 3.04. The molecule has 0 saturated heterocycles. The summed E-state index contributed by atoms with van der Waals surface area (Å²) in [5.74, 6) is 0. The van der Waals surface area contributed by atoms with Crippen LogP contribution in [0.2, 0.25) is 0 Å². The summed E-state index contributed by atoms with van der Waals surface area (Å²) in [6.07, 6.45) is 5.07. The van der Waals surface area contributed by atoms with Crippen LogP contribution in [0.25, 0.3) is 0 Å². The van der Waals surface area contributed by atoms with Crippen LogP contribution < -0.4 is 10.6 Å². The zero-order valence-electron chi connectivity index (χ0n) is 11.3. The normalized spacial score (nSPS) is 10.5. The molecule has 96 valence electrons. The summed E-state index contributed by atoms with van der Waals surface area (Å²) in [5.41, 5.74) is 8.24. The predicted octanol–water partition coefficient (Wildman–Crippen LogP) is 3.55. The van der Waals surface area contributed by atoms with Crippen LogP contribution in [0.4, 0.5) is 5.69 Å². The molecule has 17 heavy (non-hydrogen) atoms. The summed E-state index contributed by atoms with van der Waals surface area (Å²) in [6, 6.07) is 8.63. The van der Waals surface area contributed by atoms with E-state index in [-0.39, 0.29) is 0 Å². The summed E-state index contributed by atoms with van der Waals surface area (Å²) in [5, 5.41) is 0. The van der Waals surface area contributed by atoms with Crippen LogP contribution in [-0.4, -0.2) is 13.1 Å². The first kappa shape index (κ1) is 14.0. The summed E-state index contributed by atoms with van der Waals surface area (Å²) in [4.78, 5) is 2.48. The zero-order chi connectivity index (χ0) is 12.5. The number of benzene rings is 1. The second-order valence-corrected chi connectivity index (χ2v) is 4.57. The third kappa shape index (κ3) is 4.78. The zero-order valence-corrected chi connectivity index (χ0v) is 11.3. The molecule has 0 fully saturated rings. The van der Waals surface area contributed by atoms with E-state index in [0.717, 1.165) is 13.1 Å². The van der Waals surface area contributed by atoms with E-state index in [1.54, 1.807) is 0 Å². The number of rotatable bonds is 8. The Balaban J connectivity index is 2.66. The van der Waals surface area contributed by atoms with Crippen molar-refractivity contribution in [1.82, 2.24) is 0 Å². The summed E-state index contributed by atoms with van der Waals surface area (Å²) >= 11 is 0. The molecule has 2 heteroatoms. The van der Waals surface area contributed by atoms with E-state index >= 15 is 0 Å². The van der Waals surface area contributed by atoms with Crippen LogP contribution in [0.15, 0.2) is 24.3 Å². The molecule has 0 amide bonds. The maximum atomic E-state index is 5.70. The Bertz CT molecular complexity index is 310. The van der Waals surface area contributed by atoms with Gasteiger partial charge in [0.2, 0.25) is 0 Å². The minimum absolute atomic E-state index is 0.628. The van der Waals surface area contributed by atoms with Gasteiger partial charge in [0.25, 0.3) is 0 Å². The van der Waals surface area contributed by atoms with Gasteiger partial charge in [0.05, 0.1) is 0 Å². The lowest BCUT2D eigenvalue weighted by Crippen LogP contribution is -2.25. The van der Waals surface area contributed by atoms with E-state index in [1.807, 2.05) is 0 Å². The van der Waals surface area contributed by atoms with E-state index in [9.17, 15) is 0 Å². The number of unbranched alkanes of at least 4 members (excludes halogenated alkanes) is 2. The largest absolute Gasteiger partial charge is 0.372 e. The second kappa shape index (κ2) is 8.13. The van der Waals surface area contributed by atoms with E-state index < -0.39 is 0 Å². The van der Waals surface area contributed by atoms with Crippen molar-refractivity contribution in [3.05, 3.63) is 29.8 Å². The molecule has 0 radical (unpaired) electrons. The minimum atomic E-state index is 0.628. The lowest BCUT2D eigenvalue weighted by atomic mass is 10.1. The molecule has 0 unspecified atom stereocenters. The lowest BCUT2D eigenvalue weighted by Gasteiger charge is -2.24. The Hall–Kier alpha value is -1.02. The van der Waals surface area contributed by atoms with Crippen LogP contribution in [-0.2, 0) is 6.54 Å². The molecule has 0 bridgehead atoms. The SMILES string of the molecule is CCCCCN(CCC)c1cccc(CN)c1. The standard InChI is InChI=1S/C15H26N2/c1-3-5-6-11-17(10-4-2)15-9-7-8-14(12-15)13-16/h7-9,12H,3-6,10-11,13,16H2,1-2H3. The number of hydrogen-bond acceptors (Lipinski definition) is 2. The first-order chi connectivity index (χ1) is 8.31. The summed E-state index contributed by atoms with van der Waals surface area (Å²) in [7, 11) is 0. The number of anilines is 1. The minimum Gasteiger partial charge on any atom is -0.372 e. The highest BCUT2D eigenvalue weighted by Crippen LogP contribution is 2.17. The maximum absolute atomic E-state index is 5.70. The van der Waals surface area contributed by atoms with Crippen molar-refractivity contribution in [2.24, 2.45) is 5.73 Å². The molecule has 1 aromatic rings. The molecule has 0 aromatic heterocycles. The highest BCUT2D eigenvalue weighted by atomic mass is 15.1. The van der Waals surface area contributed by atoms with Crippen molar-refractivity contribution in [2.45, 2.75) is 46.1 Å². The van der Waals surface area contributed by atoms with E-state index in [2.05, 4.69) is 43.0 Å². The van der Waals surface area contributed by atoms with E-state index in [1.165, 1.54) is 36.9 Å². The molecule has 0 spiro atoms. The van der Waals surface area contributed by atoms with Gasteiger partial charge < -0.3 is 10.6 Å². The highest BCUT2D eigenvalue weighted by molar-refractivity contribution is 5.48. The molecular formula is C15H26N2. The fourth-order valence-electron chi connectivity index (χ4n) is 2.07. The van der Waals surface area contributed by atoms with Gasteiger partial charge in [-0.1, -0.05) is 38.8 Å². The van der Waals surface area contributed by atoms with Gasteiger partial charge in [-0.15, -0.1) is 0 Å². The second-order valence-electron chi connectivity index (χ2n) is 4.57. The predicted molar refractivity (Wildman–Crippen MR) is 76.4 cm³/mol. The summed E-state index contributed by atoms with van der Waals surface area (Å²) in [6.45, 7) is 7.41. The van der Waals surface area contributed by atoms with Crippen LogP contribution in [0.5, 0.6) is 0 Å². The Morgan fingerprint density at radius 1 is 1.06 bits per heavy atom. The average Bonchev–Trinajstić information content (AvgIpc) is 2.38. The molecule has 0 atom stereocenters. The van der Waals surface area contributed by atoms with Crippen LogP contribution in [0, 0.1) is 0 Å². The average molecular weight is 234 g/mol. The molecule has 0 aliphatic carbocycles. The molecule has 0 aliphatic heterocycles. The molecule has 0 heterocycles. The number of hydrogen-bond donors (Lipinski definition) is 1. The van der Waals surface area contributed by atoms with Gasteiger partial charge >= 0.3 is 0 Å². The molecule has 2 nitrogen and oxygen atoms in total. The molecular weight excluding hydrogens is 208 g/mol. The molecule has 0 aliphatic rings. The van der Waals surface area contributed by atoms with Gasteiger partial charge in [0.15, 0.2) is 0 Å². The third-order valence-corrected chi connectivity index (χ3v) is 3.04. The van der Waals surface area contributed by atoms with E-state index in [4.69, 9.17) is 5.73 Å². The fourth-order valence-corrected chi connectivity index (χ4v) is 2.07. The Labute approximate surface area is 106 Å². The van der Waals surface area contributed by atoms with Crippen molar-refractivity contribution >= 4 is 5.69 Å². The molecule has 2 N–H and O–H groups in total. The molecule has 0 saturated carbocycles. The van der Waals surface area contributed by atoms with Crippen LogP contribution >= 0.6 is 0 Å². The smallest absolute Gasteiger partial charge is 0.0369 e. The summed E-state index contributed by atoms with van der Waals surface area (Å²) < 4.78 is 0. The first-order valence-corrected chi connectivity index (χ1v) is 6.85. The van der Waals surface area contributed by atoms with Gasteiger partial charge in [0, 0.05) is 25.3 Å². The Morgan fingerprint density at radius 3 is 2.53 bits per heavy atom. The van der Waals surface area contributed by atoms with Crippen molar-refractivity contribution in [3.8, 4) is 0 Å². The lowest BCUT2D eigenvalue weighted by molar-refractivity contribution is 0.668. The van der Waals surface area contributed by atoms with Crippen LogP contribution in [0.1, 0.15) is 45.1 Å². The van der Waals surface area contributed by atoms with Crippen molar-refractivity contribution in [3.63, 3.8) is 0 Å². The van der Waals surface area contributed by atoms with Gasteiger partial charge in [-0.3, -0.25) is 0 Å². The highest BCUT2D eigenvalue weighted by Gasteiger charge is 2.05. The quantitative estimate of drug-likeness (QED) is 0.697. The van der Waals surface area contributed by atoms with Crippen molar-refractivity contribution in [1.29, 1.82) is 0 Å². The monoisotopic (exact) mass is 234 g/mol. The van der Waals surface area contributed by atoms with Gasteiger partial charge in [-0.05, 0) is 30.5 Å². The molecule has 1 rings (SSSR count). The Kier molecular flexibility index (Phi) is 6.71. The van der Waals surface area contributed by atoms with Gasteiger partial charge in [0.1, 0.15) is 0 Å².